The largest absolute Gasteiger partial charge is 0.496 e. The van der Waals surface area contributed by atoms with Gasteiger partial charge in [0.1, 0.15) is 5.75 Å². The predicted molar refractivity (Wildman–Crippen MR) is 100 cm³/mol. The molecule has 2 aromatic rings. The number of rotatable bonds is 6. The van der Waals surface area contributed by atoms with Crippen LogP contribution in [-0.4, -0.2) is 35.4 Å². The van der Waals surface area contributed by atoms with Crippen molar-refractivity contribution in [2.24, 2.45) is 5.92 Å². The number of nitro groups is 1. The molecular weight excluding hydrogens is 421 g/mol. The van der Waals surface area contributed by atoms with Crippen molar-refractivity contribution >= 4 is 17.6 Å². The molecule has 11 heteroatoms. The number of amides is 1. The van der Waals surface area contributed by atoms with Crippen LogP contribution in [0.4, 0.5) is 18.9 Å². The Labute approximate surface area is 174 Å². The van der Waals surface area contributed by atoms with Gasteiger partial charge in [0.2, 0.25) is 11.7 Å². The number of methoxy groups -OCH3 is 1. The van der Waals surface area contributed by atoms with E-state index in [-0.39, 0.29) is 36.6 Å². The van der Waals surface area contributed by atoms with E-state index in [9.17, 15) is 32.9 Å². The minimum Gasteiger partial charge on any atom is -0.496 e. The van der Waals surface area contributed by atoms with Crippen molar-refractivity contribution in [1.29, 1.82) is 0 Å². The van der Waals surface area contributed by atoms with Gasteiger partial charge >= 0.3 is 17.8 Å². The van der Waals surface area contributed by atoms with Crippen molar-refractivity contribution in [3.05, 3.63) is 63.7 Å². The van der Waals surface area contributed by atoms with Gasteiger partial charge in [-0.15, -0.1) is 0 Å². The second-order valence-corrected chi connectivity index (χ2v) is 6.89. The van der Waals surface area contributed by atoms with Crippen LogP contribution in [0, 0.1) is 16.0 Å². The zero-order valence-electron chi connectivity index (χ0n) is 16.2. The molecule has 1 aliphatic rings. The molecule has 164 valence electrons. The maximum Gasteiger partial charge on any atom is 0.416 e. The number of nitro benzene ring substituents is 1. The normalized spacial score (nSPS) is 16.3. The molecule has 0 aliphatic carbocycles. The highest BCUT2D eigenvalue weighted by molar-refractivity contribution is 5.88. The minimum atomic E-state index is -4.51. The summed E-state index contributed by atoms with van der Waals surface area (Å²) in [6.45, 7) is -0.174. The molecule has 1 saturated heterocycles. The average molecular weight is 438 g/mol. The average Bonchev–Trinajstić information content (AvgIpc) is 3.08. The number of carbonyl (C=O) groups excluding carboxylic acids is 2. The van der Waals surface area contributed by atoms with Crippen LogP contribution in [0.15, 0.2) is 42.5 Å². The fraction of sp³-hybridized carbons (Fsp3) is 0.300. The molecule has 0 radical (unpaired) electrons. The van der Waals surface area contributed by atoms with E-state index in [2.05, 4.69) is 0 Å². The smallest absolute Gasteiger partial charge is 0.416 e. The first-order valence-corrected chi connectivity index (χ1v) is 9.06. The van der Waals surface area contributed by atoms with Crippen LogP contribution < -0.4 is 9.47 Å². The van der Waals surface area contributed by atoms with Crippen LogP contribution in [0.3, 0.4) is 0 Å². The SMILES string of the molecule is COc1ccc(OC(=O)C2CC(=O)N(Cc3cccc(C(F)(F)F)c3)C2)c([N+](=O)[O-])c1. The molecule has 0 aromatic heterocycles. The highest BCUT2D eigenvalue weighted by atomic mass is 19.4. The van der Waals surface area contributed by atoms with E-state index in [1.165, 1.54) is 36.3 Å². The molecule has 1 amide bonds. The number of alkyl halides is 3. The quantitative estimate of drug-likeness (QED) is 0.296. The molecule has 3 rings (SSSR count). The molecule has 1 aliphatic heterocycles. The Morgan fingerprint density at radius 1 is 1.26 bits per heavy atom. The van der Waals surface area contributed by atoms with Gasteiger partial charge in [0.05, 0.1) is 29.6 Å². The summed E-state index contributed by atoms with van der Waals surface area (Å²) in [4.78, 5) is 36.5. The summed E-state index contributed by atoms with van der Waals surface area (Å²) in [5.41, 5.74) is -1.04. The van der Waals surface area contributed by atoms with Crippen molar-refractivity contribution in [3.63, 3.8) is 0 Å². The summed E-state index contributed by atoms with van der Waals surface area (Å²) in [7, 11) is 1.33. The molecule has 0 spiro atoms. The van der Waals surface area contributed by atoms with Crippen molar-refractivity contribution in [3.8, 4) is 11.5 Å². The van der Waals surface area contributed by atoms with Crippen LogP contribution in [-0.2, 0) is 22.3 Å². The molecule has 1 heterocycles. The van der Waals surface area contributed by atoms with Crippen LogP contribution in [0.25, 0.3) is 0 Å². The first-order valence-electron chi connectivity index (χ1n) is 9.06. The van der Waals surface area contributed by atoms with Gasteiger partial charge in [0.25, 0.3) is 0 Å². The van der Waals surface area contributed by atoms with E-state index in [4.69, 9.17) is 9.47 Å². The maximum absolute atomic E-state index is 12.9. The summed E-state index contributed by atoms with van der Waals surface area (Å²) in [5, 5.41) is 11.2. The zero-order chi connectivity index (χ0) is 22.8. The van der Waals surface area contributed by atoms with Crippen LogP contribution in [0.1, 0.15) is 17.5 Å². The third-order valence-electron chi connectivity index (χ3n) is 4.75. The molecule has 31 heavy (non-hydrogen) atoms. The summed E-state index contributed by atoms with van der Waals surface area (Å²) in [6.07, 6.45) is -4.72. The first-order chi connectivity index (χ1) is 14.6. The van der Waals surface area contributed by atoms with Gasteiger partial charge < -0.3 is 14.4 Å². The van der Waals surface area contributed by atoms with Crippen LogP contribution in [0.5, 0.6) is 11.5 Å². The van der Waals surface area contributed by atoms with Gasteiger partial charge in [-0.1, -0.05) is 12.1 Å². The number of ether oxygens (including phenoxy) is 2. The Balaban J connectivity index is 1.69. The van der Waals surface area contributed by atoms with Gasteiger partial charge in [-0.2, -0.15) is 13.2 Å². The van der Waals surface area contributed by atoms with E-state index in [1.807, 2.05) is 0 Å². The van der Waals surface area contributed by atoms with Crippen LogP contribution >= 0.6 is 0 Å². The van der Waals surface area contributed by atoms with E-state index in [1.54, 1.807) is 0 Å². The fourth-order valence-corrected chi connectivity index (χ4v) is 3.19. The maximum atomic E-state index is 12.9. The monoisotopic (exact) mass is 438 g/mol. The number of hydrogen-bond donors (Lipinski definition) is 0. The molecule has 1 fully saturated rings. The van der Waals surface area contributed by atoms with Gasteiger partial charge in [-0.3, -0.25) is 19.7 Å². The van der Waals surface area contributed by atoms with Gasteiger partial charge in [0.15, 0.2) is 0 Å². The van der Waals surface area contributed by atoms with E-state index >= 15 is 0 Å². The first kappa shape index (κ1) is 22.1. The molecule has 0 N–H and O–H groups in total. The van der Waals surface area contributed by atoms with Crippen molar-refractivity contribution in [1.82, 2.24) is 4.90 Å². The Kier molecular flexibility index (Phi) is 6.14. The van der Waals surface area contributed by atoms with Crippen molar-refractivity contribution < 1.29 is 37.2 Å². The number of likely N-dealkylation sites (tertiary alicyclic amines) is 1. The highest BCUT2D eigenvalue weighted by Crippen LogP contribution is 2.33. The molecule has 1 unspecified atom stereocenters. The molecule has 8 nitrogen and oxygen atoms in total. The lowest BCUT2D eigenvalue weighted by Gasteiger charge is -2.17. The van der Waals surface area contributed by atoms with Crippen molar-refractivity contribution in [2.75, 3.05) is 13.7 Å². The molecular formula is C20H17F3N2O6. The van der Waals surface area contributed by atoms with Gasteiger partial charge in [-0.05, 0) is 29.8 Å². The number of esters is 1. The van der Waals surface area contributed by atoms with E-state index < -0.39 is 40.1 Å². The standard InChI is InChI=1S/C20H17F3N2O6/c1-30-15-5-6-17(16(9-15)25(28)29)31-19(27)13-8-18(26)24(11-13)10-12-3-2-4-14(7-12)20(21,22)23/h2-7,9,13H,8,10-11H2,1H3. The van der Waals surface area contributed by atoms with E-state index in [0.717, 1.165) is 18.2 Å². The second-order valence-electron chi connectivity index (χ2n) is 6.89. The zero-order valence-corrected chi connectivity index (χ0v) is 16.2. The number of halogens is 3. The number of nitrogens with zero attached hydrogens (tertiary/aromatic N) is 2. The van der Waals surface area contributed by atoms with Crippen LogP contribution in [0.2, 0.25) is 0 Å². The van der Waals surface area contributed by atoms with Gasteiger partial charge in [0, 0.05) is 19.5 Å². The van der Waals surface area contributed by atoms with Crippen molar-refractivity contribution in [2.45, 2.75) is 19.1 Å². The number of benzene rings is 2. The lowest BCUT2D eigenvalue weighted by atomic mass is 10.1. The fourth-order valence-electron chi connectivity index (χ4n) is 3.19. The summed E-state index contributed by atoms with van der Waals surface area (Å²) in [5.74, 6) is -2.26. The summed E-state index contributed by atoms with van der Waals surface area (Å²) in [6, 6.07) is 8.27. The van der Waals surface area contributed by atoms with E-state index in [0.29, 0.717) is 0 Å². The summed E-state index contributed by atoms with van der Waals surface area (Å²) < 4.78 is 48.7. The van der Waals surface area contributed by atoms with Gasteiger partial charge in [-0.25, -0.2) is 0 Å². The molecule has 0 bridgehead atoms. The lowest BCUT2D eigenvalue weighted by molar-refractivity contribution is -0.385. The third kappa shape index (κ3) is 5.11. The highest BCUT2D eigenvalue weighted by Gasteiger charge is 2.37. The molecule has 1 atom stereocenters. The Morgan fingerprint density at radius 2 is 2.00 bits per heavy atom. The number of hydrogen-bond acceptors (Lipinski definition) is 6. The Morgan fingerprint density at radius 3 is 2.65 bits per heavy atom. The minimum absolute atomic E-state index is 0.0716. The third-order valence-corrected chi connectivity index (χ3v) is 4.75. The second kappa shape index (κ2) is 8.62. The topological polar surface area (TPSA) is 99.0 Å². The Bertz CT molecular complexity index is 1020. The predicted octanol–water partition coefficient (Wildman–Crippen LogP) is 3.58. The lowest BCUT2D eigenvalue weighted by Crippen LogP contribution is -2.27. The molecule has 0 saturated carbocycles. The number of carbonyl (C=O) groups is 2. The summed E-state index contributed by atoms with van der Waals surface area (Å²) >= 11 is 0. The Hall–Kier alpha value is -3.63. The molecule has 2 aromatic carbocycles.